The number of hydrogen-bond donors (Lipinski definition) is 1. The van der Waals surface area contributed by atoms with Crippen LogP contribution >= 0.6 is 11.3 Å². The fourth-order valence-corrected chi connectivity index (χ4v) is 4.88. The molecule has 1 aliphatic heterocycles. The molecule has 0 saturated carbocycles. The molecule has 0 radical (unpaired) electrons. The van der Waals surface area contributed by atoms with Gasteiger partial charge in [0.1, 0.15) is 16.7 Å². The fraction of sp³-hybridized carbons (Fsp3) is 0.320. The van der Waals surface area contributed by atoms with Crippen molar-refractivity contribution in [1.29, 1.82) is 0 Å². The van der Waals surface area contributed by atoms with Gasteiger partial charge in [0.15, 0.2) is 0 Å². The molecule has 1 saturated heterocycles. The predicted octanol–water partition coefficient (Wildman–Crippen LogP) is 4.58. The van der Waals surface area contributed by atoms with Gasteiger partial charge in [-0.2, -0.15) is 0 Å². The zero-order chi connectivity index (χ0) is 23.4. The summed E-state index contributed by atoms with van der Waals surface area (Å²) in [6.07, 6.45) is 1.76. The van der Waals surface area contributed by atoms with Gasteiger partial charge in [0.05, 0.1) is 22.5 Å². The lowest BCUT2D eigenvalue weighted by molar-refractivity contribution is -0.123. The van der Waals surface area contributed by atoms with Crippen molar-refractivity contribution in [3.8, 4) is 0 Å². The summed E-state index contributed by atoms with van der Waals surface area (Å²) < 4.78 is 20.7. The number of anilines is 1. The number of nitrogens with zero attached hydrogens (tertiary/aromatic N) is 2. The van der Waals surface area contributed by atoms with Crippen LogP contribution in [0.15, 0.2) is 54.6 Å². The van der Waals surface area contributed by atoms with Gasteiger partial charge in [0.2, 0.25) is 5.91 Å². The van der Waals surface area contributed by atoms with Gasteiger partial charge in [0.25, 0.3) is 5.91 Å². The van der Waals surface area contributed by atoms with Crippen LogP contribution in [0.25, 0.3) is 0 Å². The average molecular weight is 468 g/mol. The largest absolute Gasteiger partial charge is 0.376 e. The third-order valence-corrected chi connectivity index (χ3v) is 6.64. The molecule has 1 aromatic heterocycles. The Morgan fingerprint density at radius 2 is 1.91 bits per heavy atom. The van der Waals surface area contributed by atoms with Crippen LogP contribution in [0.3, 0.4) is 0 Å². The van der Waals surface area contributed by atoms with E-state index in [1.54, 1.807) is 43.3 Å². The van der Waals surface area contributed by atoms with E-state index < -0.39 is 23.7 Å². The normalized spacial score (nSPS) is 16.4. The first-order valence-electron chi connectivity index (χ1n) is 10.9. The Morgan fingerprint density at radius 1 is 1.18 bits per heavy atom. The Kier molecular flexibility index (Phi) is 7.15. The Bertz CT molecular complexity index is 1130. The van der Waals surface area contributed by atoms with Gasteiger partial charge < -0.3 is 10.1 Å². The van der Waals surface area contributed by atoms with Gasteiger partial charge in [-0.25, -0.2) is 9.37 Å². The number of benzene rings is 2. The highest BCUT2D eigenvalue weighted by Crippen LogP contribution is 2.33. The number of nitrogens with one attached hydrogen (secondary N) is 1. The van der Waals surface area contributed by atoms with Crippen molar-refractivity contribution in [2.24, 2.45) is 0 Å². The quantitative estimate of drug-likeness (QED) is 0.552. The van der Waals surface area contributed by atoms with E-state index in [-0.39, 0.29) is 11.8 Å². The Balaban J connectivity index is 1.78. The number of ether oxygens (including phenoxy) is 1. The molecule has 2 atom stereocenters. The third kappa shape index (κ3) is 5.12. The lowest BCUT2D eigenvalue weighted by Crippen LogP contribution is -2.46. The number of carbonyl (C=O) groups is 2. The fourth-order valence-electron chi connectivity index (χ4n) is 4.02. The first-order chi connectivity index (χ1) is 16.0. The summed E-state index contributed by atoms with van der Waals surface area (Å²) >= 11 is 1.23. The van der Waals surface area contributed by atoms with E-state index in [9.17, 15) is 9.59 Å². The Hall–Kier alpha value is -3.10. The second-order valence-electron chi connectivity index (χ2n) is 7.97. The van der Waals surface area contributed by atoms with Crippen molar-refractivity contribution in [1.82, 2.24) is 10.3 Å². The zero-order valence-electron chi connectivity index (χ0n) is 18.6. The van der Waals surface area contributed by atoms with Gasteiger partial charge in [-0.1, -0.05) is 42.5 Å². The van der Waals surface area contributed by atoms with Crippen LogP contribution in [-0.2, 0) is 9.53 Å². The summed E-state index contributed by atoms with van der Waals surface area (Å²) in [5.74, 6) is -1.45. The van der Waals surface area contributed by atoms with Gasteiger partial charge in [-0.3, -0.25) is 14.5 Å². The van der Waals surface area contributed by atoms with E-state index in [0.29, 0.717) is 29.3 Å². The van der Waals surface area contributed by atoms with E-state index in [2.05, 4.69) is 10.3 Å². The molecule has 1 N–H and O–H groups in total. The molecule has 1 fully saturated rings. The number of amides is 2. The number of para-hydroxylation sites is 1. The molecule has 3 aromatic rings. The third-order valence-electron chi connectivity index (χ3n) is 5.58. The number of thiazole rings is 1. The summed E-state index contributed by atoms with van der Waals surface area (Å²) in [5, 5.41) is 3.65. The lowest BCUT2D eigenvalue weighted by Gasteiger charge is -2.31. The highest BCUT2D eigenvalue weighted by molar-refractivity contribution is 7.13. The van der Waals surface area contributed by atoms with Crippen LogP contribution in [-0.4, -0.2) is 36.1 Å². The standard InChI is InChI=1S/C25H26FN3O3S/c1-16-23(33-17(2)28-16)25(31)29(21-13-7-6-12-20(21)26)22(18-9-4-3-5-10-18)24(30)27-15-19-11-8-14-32-19/h3-7,9-10,12-13,19,22H,8,11,14-15H2,1-2H3,(H,27,30)/t19-,22+/m0/s1. The van der Waals surface area contributed by atoms with E-state index in [0.717, 1.165) is 17.8 Å². The molecule has 0 bridgehead atoms. The summed E-state index contributed by atoms with van der Waals surface area (Å²) in [4.78, 5) is 33.4. The highest BCUT2D eigenvalue weighted by atomic mass is 32.1. The lowest BCUT2D eigenvalue weighted by atomic mass is 10.0. The van der Waals surface area contributed by atoms with Crippen molar-refractivity contribution in [2.75, 3.05) is 18.1 Å². The SMILES string of the molecule is Cc1nc(C)c(C(=O)N(c2ccccc2F)[C@@H](C(=O)NC[C@@H]2CCCO2)c2ccccc2)s1. The maximum Gasteiger partial charge on any atom is 0.271 e. The number of aromatic nitrogens is 1. The molecule has 0 spiro atoms. The molecule has 4 rings (SSSR count). The van der Waals surface area contributed by atoms with E-state index in [4.69, 9.17) is 4.74 Å². The maximum atomic E-state index is 15.0. The first-order valence-corrected chi connectivity index (χ1v) is 11.7. The molecule has 2 aromatic carbocycles. The summed E-state index contributed by atoms with van der Waals surface area (Å²) in [7, 11) is 0. The van der Waals surface area contributed by atoms with Crippen LogP contribution in [0.4, 0.5) is 10.1 Å². The van der Waals surface area contributed by atoms with Crippen molar-refractivity contribution >= 4 is 28.8 Å². The summed E-state index contributed by atoms with van der Waals surface area (Å²) in [6.45, 7) is 4.56. The molecule has 33 heavy (non-hydrogen) atoms. The monoisotopic (exact) mass is 467 g/mol. The maximum absolute atomic E-state index is 15.0. The average Bonchev–Trinajstić information content (AvgIpc) is 3.45. The second kappa shape index (κ2) is 10.2. The molecular formula is C25H26FN3O3S. The topological polar surface area (TPSA) is 71.5 Å². The summed E-state index contributed by atoms with van der Waals surface area (Å²) in [6, 6.07) is 13.9. The highest BCUT2D eigenvalue weighted by Gasteiger charge is 2.36. The Labute approximate surface area is 196 Å². The molecule has 0 aliphatic carbocycles. The molecule has 1 aliphatic rings. The second-order valence-corrected chi connectivity index (χ2v) is 9.17. The van der Waals surface area contributed by atoms with E-state index in [1.165, 1.54) is 28.4 Å². The van der Waals surface area contributed by atoms with Crippen LogP contribution in [0.5, 0.6) is 0 Å². The summed E-state index contributed by atoms with van der Waals surface area (Å²) in [5.41, 5.74) is 1.17. The molecule has 0 unspecified atom stereocenters. The molecule has 172 valence electrons. The minimum Gasteiger partial charge on any atom is -0.376 e. The predicted molar refractivity (Wildman–Crippen MR) is 126 cm³/mol. The minimum absolute atomic E-state index is 0.0362. The van der Waals surface area contributed by atoms with Crippen LogP contribution in [0.1, 0.15) is 44.8 Å². The van der Waals surface area contributed by atoms with Crippen LogP contribution in [0.2, 0.25) is 0 Å². The van der Waals surface area contributed by atoms with Gasteiger partial charge in [0, 0.05) is 13.2 Å². The van der Waals surface area contributed by atoms with Crippen molar-refractivity contribution in [3.05, 3.63) is 81.6 Å². The van der Waals surface area contributed by atoms with Crippen LogP contribution < -0.4 is 10.2 Å². The van der Waals surface area contributed by atoms with E-state index in [1.807, 2.05) is 13.0 Å². The van der Waals surface area contributed by atoms with Crippen molar-refractivity contribution < 1.29 is 18.7 Å². The van der Waals surface area contributed by atoms with Crippen molar-refractivity contribution in [2.45, 2.75) is 38.8 Å². The number of hydrogen-bond acceptors (Lipinski definition) is 5. The number of carbonyl (C=O) groups excluding carboxylic acids is 2. The molecule has 6 nitrogen and oxygen atoms in total. The van der Waals surface area contributed by atoms with Gasteiger partial charge in [-0.05, 0) is 44.4 Å². The van der Waals surface area contributed by atoms with E-state index >= 15 is 4.39 Å². The molecule has 2 heterocycles. The van der Waals surface area contributed by atoms with Crippen LogP contribution in [0, 0.1) is 19.7 Å². The van der Waals surface area contributed by atoms with Crippen molar-refractivity contribution in [3.63, 3.8) is 0 Å². The molecular weight excluding hydrogens is 441 g/mol. The minimum atomic E-state index is -1.07. The smallest absolute Gasteiger partial charge is 0.271 e. The van der Waals surface area contributed by atoms with Gasteiger partial charge in [-0.15, -0.1) is 11.3 Å². The Morgan fingerprint density at radius 3 is 2.55 bits per heavy atom. The number of halogens is 1. The number of aryl methyl sites for hydroxylation is 2. The zero-order valence-corrected chi connectivity index (χ0v) is 19.4. The first kappa shape index (κ1) is 23.1. The molecule has 8 heteroatoms. The number of rotatable bonds is 7. The van der Waals surface area contributed by atoms with Gasteiger partial charge >= 0.3 is 0 Å². The molecule has 2 amide bonds.